The zero-order valence-corrected chi connectivity index (χ0v) is 61.7. The summed E-state index contributed by atoms with van der Waals surface area (Å²) in [6.45, 7) is 0. The topological polar surface area (TPSA) is 129 Å². The van der Waals surface area contributed by atoms with Crippen molar-refractivity contribution in [2.75, 3.05) is 0 Å². The van der Waals surface area contributed by atoms with Crippen molar-refractivity contribution >= 4 is 88.9 Å². The second kappa shape index (κ2) is 29.2. The minimum atomic E-state index is 0.686. The number of hydrogen-bond donors (Lipinski definition) is 0. The molecule has 524 valence electrons. The summed E-state index contributed by atoms with van der Waals surface area (Å²) in [6, 6.07) is 131. The summed E-state index contributed by atoms with van der Waals surface area (Å²) in [4.78, 5) is 30.7. The molecule has 0 radical (unpaired) electrons. The number of rotatable bonds is 13. The zero-order valence-electron chi connectivity index (χ0n) is 60.1. The summed E-state index contributed by atoms with van der Waals surface area (Å²) in [5.74, 6) is 1.38. The number of pyridine rings is 2. The van der Waals surface area contributed by atoms with Gasteiger partial charge in [0.1, 0.15) is 22.1 Å². The lowest BCUT2D eigenvalue weighted by Crippen LogP contribution is -1.96. The molecule has 0 N–H and O–H groups in total. The fourth-order valence-electron chi connectivity index (χ4n) is 15.0. The molecule has 6 aromatic heterocycles. The normalized spacial score (nSPS) is 11.4. The van der Waals surface area contributed by atoms with Gasteiger partial charge in [0.2, 0.25) is 0 Å². The van der Waals surface area contributed by atoms with Gasteiger partial charge < -0.3 is 0 Å². The van der Waals surface area contributed by atoms with Gasteiger partial charge in [-0.2, -0.15) is 17.5 Å². The van der Waals surface area contributed by atoms with E-state index in [-0.39, 0.29) is 0 Å². The second-order valence-electron chi connectivity index (χ2n) is 27.6. The van der Waals surface area contributed by atoms with Gasteiger partial charge in [-0.25, -0.2) is 29.9 Å². The van der Waals surface area contributed by atoms with Crippen LogP contribution < -0.4 is 0 Å². The van der Waals surface area contributed by atoms with Gasteiger partial charge >= 0.3 is 0 Å². The Balaban J connectivity index is 0.000000147. The van der Waals surface area contributed by atoms with Crippen molar-refractivity contribution < 1.29 is 0 Å². The van der Waals surface area contributed by atoms with Crippen LogP contribution in [-0.2, 0) is 0 Å². The Morgan fingerprint density at radius 1 is 0.161 bits per heavy atom. The van der Waals surface area contributed by atoms with Crippen molar-refractivity contribution in [1.29, 1.82) is 0 Å². The van der Waals surface area contributed by atoms with Gasteiger partial charge in [0, 0.05) is 76.8 Å². The van der Waals surface area contributed by atoms with Crippen molar-refractivity contribution in [2.24, 2.45) is 0 Å². The van der Waals surface area contributed by atoms with Gasteiger partial charge in [-0.15, -0.1) is 0 Å². The summed E-state index contributed by atoms with van der Waals surface area (Å²) in [5, 5.41) is 6.53. The van der Waals surface area contributed by atoms with Crippen LogP contribution in [0.1, 0.15) is 0 Å². The number of para-hydroxylation sites is 2. The lowest BCUT2D eigenvalue weighted by atomic mass is 9.96. The molecule has 0 aliphatic carbocycles. The van der Waals surface area contributed by atoms with E-state index in [4.69, 9.17) is 29.9 Å². The van der Waals surface area contributed by atoms with Crippen molar-refractivity contribution in [3.8, 4) is 146 Å². The van der Waals surface area contributed by atoms with Crippen LogP contribution in [0.2, 0.25) is 0 Å². The molecule has 21 rings (SSSR count). The first-order chi connectivity index (χ1) is 55.5. The Morgan fingerprint density at radius 2 is 0.438 bits per heavy atom. The van der Waals surface area contributed by atoms with Gasteiger partial charge in [0.05, 0.1) is 68.7 Å². The van der Waals surface area contributed by atoms with Crippen molar-refractivity contribution in [3.05, 3.63) is 376 Å². The summed E-state index contributed by atoms with van der Waals surface area (Å²) < 4.78 is 18.4. The average molecular weight is 1470 g/mol. The van der Waals surface area contributed by atoms with Gasteiger partial charge in [0.15, 0.2) is 11.6 Å². The molecule has 10 nitrogen and oxygen atoms in total. The molecule has 0 saturated heterocycles. The van der Waals surface area contributed by atoms with Gasteiger partial charge in [0.25, 0.3) is 0 Å². The quantitative estimate of drug-likeness (QED) is 0.103. The number of hydrogen-bond acceptors (Lipinski definition) is 12. The maximum atomic E-state index is 5.15. The smallest absolute Gasteiger partial charge is 0.160 e. The van der Waals surface area contributed by atoms with E-state index >= 15 is 0 Å². The third-order valence-corrected chi connectivity index (χ3v) is 21.9. The fraction of sp³-hybridized carbons (Fsp3) is 0. The molecule has 0 amide bonds. The van der Waals surface area contributed by atoms with Crippen LogP contribution in [0, 0.1) is 0 Å². The molecule has 0 aliphatic rings. The predicted octanol–water partition coefficient (Wildman–Crippen LogP) is 26.0. The molecule has 112 heavy (non-hydrogen) atoms. The van der Waals surface area contributed by atoms with Gasteiger partial charge in [-0.1, -0.05) is 322 Å². The summed E-state index contributed by atoms with van der Waals surface area (Å²) in [5.41, 5.74) is 30.6. The highest BCUT2D eigenvalue weighted by molar-refractivity contribution is 7.00. The molecule has 0 fully saturated rings. The Kier molecular flexibility index (Phi) is 17.4. The van der Waals surface area contributed by atoms with E-state index in [0.29, 0.717) is 11.6 Å². The Hall–Kier alpha value is -14.6. The van der Waals surface area contributed by atoms with Gasteiger partial charge in [-0.05, 0) is 110 Å². The first-order valence-corrected chi connectivity index (χ1v) is 38.5. The number of nitrogens with zero attached hydrogens (tertiary/aromatic N) is 10. The third kappa shape index (κ3) is 13.0. The van der Waals surface area contributed by atoms with Crippen LogP contribution in [-0.4, -0.2) is 47.4 Å². The first kappa shape index (κ1) is 66.8. The Bertz CT molecular complexity index is 6950. The largest absolute Gasteiger partial charge is 0.247 e. The van der Waals surface area contributed by atoms with Crippen LogP contribution in [0.25, 0.3) is 211 Å². The monoisotopic (exact) mass is 1470 g/mol. The third-order valence-electron chi connectivity index (χ3n) is 20.8. The molecule has 15 aromatic carbocycles. The van der Waals surface area contributed by atoms with Crippen LogP contribution >= 0.6 is 23.5 Å². The van der Waals surface area contributed by atoms with Crippen molar-refractivity contribution in [2.45, 2.75) is 0 Å². The molecule has 0 aliphatic heterocycles. The maximum absolute atomic E-state index is 5.15. The highest BCUT2D eigenvalue weighted by Gasteiger charge is 2.20. The molecule has 12 heteroatoms. The van der Waals surface area contributed by atoms with E-state index in [1.54, 1.807) is 0 Å². The molecule has 0 bridgehead atoms. The SMILES string of the molecule is c1ccc(-c2ccc(-c3cc(-c4ccc(-c5ccc(-c6nc7ccccc7c7c6ccc6nsnc67)cc5)cc4)nc(-c4ccc(-c5ccccc5)cc4)n3)cc2)cc1.c1ccc(-c2cccc(-c3nc(-c4ccccc4)cc(-c4ccc(-c5ccc(-c6nc7ccccc7c7c6ccc6nsnc67)cc5)cc4)n3)c2)cc1. The molecule has 0 unspecified atom stereocenters. The van der Waals surface area contributed by atoms with E-state index in [9.17, 15) is 0 Å². The van der Waals surface area contributed by atoms with Gasteiger partial charge in [-0.3, -0.25) is 0 Å². The second-order valence-corrected chi connectivity index (χ2v) is 28.7. The zero-order chi connectivity index (χ0) is 74.3. The van der Waals surface area contributed by atoms with E-state index < -0.39 is 0 Å². The van der Waals surface area contributed by atoms with Crippen LogP contribution in [0.4, 0.5) is 0 Å². The minimum Gasteiger partial charge on any atom is -0.247 e. The standard InChI is InChI=1S/C53H33N5S.C47H29N5S/c1-3-9-34(10-4-1)36-15-23-40(24-16-36)48-33-49(56-53(55-48)43-29-21-37(22-30-43)35-11-5-2-6-12-35)41-25-17-38(18-26-41)39-19-27-42(28-20-39)51-45-31-32-47-52(58-59-57-47)50(45)44-13-7-8-14-46(44)54-51;1-3-10-30(11-4-1)36-14-9-15-37(28-36)47-49-42(33-12-5-2-6-13-33)29-43(50-47)34-22-18-31(19-23-34)32-20-24-35(25-21-32)45-39-26-27-41-46(52-53-51-41)44(39)38-16-7-8-17-40(38)48-45/h1-33H;1-29H. The molecular weight excluding hydrogens is 1410 g/mol. The van der Waals surface area contributed by atoms with E-state index in [0.717, 1.165) is 183 Å². The molecule has 0 saturated carbocycles. The lowest BCUT2D eigenvalue weighted by molar-refractivity contribution is 1.18. The van der Waals surface area contributed by atoms with E-state index in [1.165, 1.54) is 40.1 Å². The van der Waals surface area contributed by atoms with E-state index in [1.807, 2.05) is 60.7 Å². The summed E-state index contributed by atoms with van der Waals surface area (Å²) in [6.07, 6.45) is 0. The highest BCUT2D eigenvalue weighted by atomic mass is 32.1. The molecule has 0 atom stereocenters. The maximum Gasteiger partial charge on any atom is 0.160 e. The van der Waals surface area contributed by atoms with E-state index in [2.05, 4.69) is 333 Å². The van der Waals surface area contributed by atoms with Crippen molar-refractivity contribution in [1.82, 2.24) is 47.4 Å². The van der Waals surface area contributed by atoms with Crippen LogP contribution in [0.3, 0.4) is 0 Å². The molecule has 0 spiro atoms. The van der Waals surface area contributed by atoms with Crippen LogP contribution in [0.5, 0.6) is 0 Å². The molecule has 6 heterocycles. The Morgan fingerprint density at radius 3 is 0.821 bits per heavy atom. The predicted molar refractivity (Wildman–Crippen MR) is 462 cm³/mol. The average Bonchev–Trinajstić information content (AvgIpc) is 1.44. The minimum absolute atomic E-state index is 0.686. The van der Waals surface area contributed by atoms with Crippen molar-refractivity contribution in [3.63, 3.8) is 0 Å². The van der Waals surface area contributed by atoms with Crippen LogP contribution in [0.15, 0.2) is 376 Å². The Labute approximate surface area is 653 Å². The summed E-state index contributed by atoms with van der Waals surface area (Å²) in [7, 11) is 0. The lowest BCUT2D eigenvalue weighted by Gasteiger charge is -2.12. The molecular formula is C100H62N10S2. The number of fused-ring (bicyclic) bond motifs is 10. The molecule has 21 aromatic rings. The first-order valence-electron chi connectivity index (χ1n) is 37.1. The highest BCUT2D eigenvalue weighted by Crippen LogP contribution is 2.41. The number of benzene rings is 15. The number of aromatic nitrogens is 10. The summed E-state index contributed by atoms with van der Waals surface area (Å²) >= 11 is 2.50. The fourth-order valence-corrected chi connectivity index (χ4v) is 16.1.